The molecule has 0 spiro atoms. The van der Waals surface area contributed by atoms with Crippen LogP contribution in [0.4, 0.5) is 0 Å². The molecule has 1 aromatic rings. The number of hydrogen-bond acceptors (Lipinski definition) is 3. The Balaban J connectivity index is 2.17. The summed E-state index contributed by atoms with van der Waals surface area (Å²) < 4.78 is 5.71. The number of carbonyl (C=O) groups excluding carboxylic acids is 2. The Morgan fingerprint density at radius 2 is 1.78 bits per heavy atom. The van der Waals surface area contributed by atoms with Gasteiger partial charge in [-0.05, 0) is 25.0 Å². The predicted octanol–water partition coefficient (Wildman–Crippen LogP) is 3.22. The molecular weight excluding hydrogens is 296 g/mol. The lowest BCUT2D eigenvalue weighted by Crippen LogP contribution is -2.26. The number of methoxy groups -OCH3 is 1. The fourth-order valence-corrected chi connectivity index (χ4v) is 2.80. The van der Waals surface area contributed by atoms with Gasteiger partial charge in [0.1, 0.15) is 0 Å². The first-order valence-electron chi connectivity index (χ1n) is 6.01. The zero-order chi connectivity index (χ0) is 13.1. The fourth-order valence-electron chi connectivity index (χ4n) is 2.54. The van der Waals surface area contributed by atoms with Gasteiger partial charge in [0.25, 0.3) is 0 Å². The fraction of sp³-hybridized carbons (Fsp3) is 0.429. The number of rotatable bonds is 3. The molecule has 96 valence electrons. The molecule has 1 aliphatic rings. The van der Waals surface area contributed by atoms with Gasteiger partial charge in [0.15, 0.2) is 5.78 Å². The third-order valence-corrected chi connectivity index (χ3v) is 4.01. The van der Waals surface area contributed by atoms with Crippen molar-refractivity contribution in [2.45, 2.75) is 19.3 Å². The molecule has 2 unspecified atom stereocenters. The van der Waals surface area contributed by atoms with Gasteiger partial charge in [-0.25, -0.2) is 0 Å². The van der Waals surface area contributed by atoms with Crippen molar-refractivity contribution >= 4 is 27.7 Å². The highest BCUT2D eigenvalue weighted by molar-refractivity contribution is 9.10. The number of esters is 1. The van der Waals surface area contributed by atoms with E-state index in [-0.39, 0.29) is 23.6 Å². The minimum absolute atomic E-state index is 0.0513. The van der Waals surface area contributed by atoms with Crippen LogP contribution < -0.4 is 0 Å². The molecule has 0 amide bonds. The second kappa shape index (κ2) is 5.65. The van der Waals surface area contributed by atoms with Gasteiger partial charge in [0.2, 0.25) is 0 Å². The topological polar surface area (TPSA) is 43.4 Å². The molecule has 0 bridgehead atoms. The van der Waals surface area contributed by atoms with Crippen molar-refractivity contribution < 1.29 is 14.3 Å². The van der Waals surface area contributed by atoms with Gasteiger partial charge in [-0.3, -0.25) is 9.59 Å². The summed E-state index contributed by atoms with van der Waals surface area (Å²) in [5, 5.41) is 0. The van der Waals surface area contributed by atoms with E-state index in [0.29, 0.717) is 5.56 Å². The molecule has 2 rings (SSSR count). The molecular formula is C14H15BrO3. The first-order valence-corrected chi connectivity index (χ1v) is 6.80. The van der Waals surface area contributed by atoms with E-state index < -0.39 is 0 Å². The van der Waals surface area contributed by atoms with Crippen molar-refractivity contribution in [1.29, 1.82) is 0 Å². The number of ether oxygens (including phenoxy) is 1. The van der Waals surface area contributed by atoms with Crippen LogP contribution in [0, 0.1) is 11.8 Å². The first kappa shape index (κ1) is 13.3. The summed E-state index contributed by atoms with van der Waals surface area (Å²) in [4.78, 5) is 24.0. The van der Waals surface area contributed by atoms with Crippen LogP contribution >= 0.6 is 15.9 Å². The van der Waals surface area contributed by atoms with Gasteiger partial charge in [-0.2, -0.15) is 0 Å². The second-order valence-corrected chi connectivity index (χ2v) is 5.45. The molecule has 0 saturated heterocycles. The molecule has 0 N–H and O–H groups in total. The van der Waals surface area contributed by atoms with E-state index in [2.05, 4.69) is 15.9 Å². The Kier molecular flexibility index (Phi) is 4.17. The van der Waals surface area contributed by atoms with E-state index in [0.717, 1.165) is 23.7 Å². The Hall–Kier alpha value is -1.16. The largest absolute Gasteiger partial charge is 0.469 e. The number of Topliss-reactive ketones (excluding diaryl/α,β-unsaturated/α-hetero) is 1. The second-order valence-electron chi connectivity index (χ2n) is 4.54. The van der Waals surface area contributed by atoms with E-state index in [1.165, 1.54) is 7.11 Å². The van der Waals surface area contributed by atoms with E-state index >= 15 is 0 Å². The standard InChI is InChI=1S/C14H15BrO3/c1-18-14(17)12-4-2-3-11(12)13(16)9-5-7-10(15)8-6-9/h5-8,11-12H,2-4H2,1H3. The highest BCUT2D eigenvalue weighted by Crippen LogP contribution is 2.35. The van der Waals surface area contributed by atoms with Crippen molar-refractivity contribution in [2.75, 3.05) is 7.11 Å². The first-order chi connectivity index (χ1) is 8.63. The SMILES string of the molecule is COC(=O)C1CCCC1C(=O)c1ccc(Br)cc1. The predicted molar refractivity (Wildman–Crippen MR) is 71.3 cm³/mol. The van der Waals surface area contributed by atoms with E-state index in [1.54, 1.807) is 12.1 Å². The average molecular weight is 311 g/mol. The molecule has 1 aliphatic carbocycles. The summed E-state index contributed by atoms with van der Waals surface area (Å²) in [6.07, 6.45) is 2.43. The van der Waals surface area contributed by atoms with Crippen LogP contribution in [-0.4, -0.2) is 18.9 Å². The molecule has 3 nitrogen and oxygen atoms in total. The highest BCUT2D eigenvalue weighted by atomic mass is 79.9. The minimum atomic E-state index is -0.272. The number of ketones is 1. The Morgan fingerprint density at radius 3 is 2.39 bits per heavy atom. The van der Waals surface area contributed by atoms with Crippen LogP contribution in [-0.2, 0) is 9.53 Å². The maximum Gasteiger partial charge on any atom is 0.309 e. The molecule has 0 aromatic heterocycles. The van der Waals surface area contributed by atoms with Gasteiger partial charge in [0, 0.05) is 16.0 Å². The number of hydrogen-bond donors (Lipinski definition) is 0. The van der Waals surface area contributed by atoms with Gasteiger partial charge in [-0.1, -0.05) is 34.5 Å². The maximum absolute atomic E-state index is 12.4. The van der Waals surface area contributed by atoms with Gasteiger partial charge in [0.05, 0.1) is 13.0 Å². The van der Waals surface area contributed by atoms with Crippen LogP contribution in [0.25, 0.3) is 0 Å². The minimum Gasteiger partial charge on any atom is -0.469 e. The van der Waals surface area contributed by atoms with Gasteiger partial charge < -0.3 is 4.74 Å². The molecule has 0 aliphatic heterocycles. The number of carbonyl (C=O) groups is 2. The average Bonchev–Trinajstić information content (AvgIpc) is 2.87. The third kappa shape index (κ3) is 2.64. The molecule has 1 saturated carbocycles. The summed E-state index contributed by atoms with van der Waals surface area (Å²) >= 11 is 3.34. The van der Waals surface area contributed by atoms with E-state index in [9.17, 15) is 9.59 Å². The number of benzene rings is 1. The molecule has 1 fully saturated rings. The molecule has 0 heterocycles. The van der Waals surface area contributed by atoms with Gasteiger partial charge in [-0.15, -0.1) is 0 Å². The normalized spacial score (nSPS) is 22.8. The van der Waals surface area contributed by atoms with Crippen LogP contribution in [0.5, 0.6) is 0 Å². The van der Waals surface area contributed by atoms with Crippen molar-refractivity contribution in [1.82, 2.24) is 0 Å². The summed E-state index contributed by atoms with van der Waals surface area (Å²) in [5.41, 5.74) is 0.666. The lowest BCUT2D eigenvalue weighted by Gasteiger charge is -2.16. The number of halogens is 1. The van der Waals surface area contributed by atoms with E-state index in [1.807, 2.05) is 12.1 Å². The van der Waals surface area contributed by atoms with Crippen LogP contribution in [0.15, 0.2) is 28.7 Å². The summed E-state index contributed by atoms with van der Waals surface area (Å²) in [6, 6.07) is 7.27. The van der Waals surface area contributed by atoms with Crippen molar-refractivity contribution in [3.05, 3.63) is 34.3 Å². The zero-order valence-corrected chi connectivity index (χ0v) is 11.8. The summed E-state index contributed by atoms with van der Waals surface area (Å²) in [6.45, 7) is 0. The van der Waals surface area contributed by atoms with Crippen LogP contribution in [0.1, 0.15) is 29.6 Å². The zero-order valence-electron chi connectivity index (χ0n) is 10.2. The Labute approximate surface area is 115 Å². The van der Waals surface area contributed by atoms with Crippen molar-refractivity contribution in [2.24, 2.45) is 11.8 Å². The quantitative estimate of drug-likeness (QED) is 0.636. The molecule has 4 heteroatoms. The highest BCUT2D eigenvalue weighted by Gasteiger charge is 2.38. The maximum atomic E-state index is 12.4. The lowest BCUT2D eigenvalue weighted by atomic mass is 9.88. The lowest BCUT2D eigenvalue weighted by molar-refractivity contribution is -0.146. The Bertz CT molecular complexity index is 453. The molecule has 18 heavy (non-hydrogen) atoms. The Morgan fingerprint density at radius 1 is 1.17 bits per heavy atom. The van der Waals surface area contributed by atoms with E-state index in [4.69, 9.17) is 4.74 Å². The van der Waals surface area contributed by atoms with Crippen molar-refractivity contribution in [3.8, 4) is 0 Å². The van der Waals surface area contributed by atoms with Crippen LogP contribution in [0.2, 0.25) is 0 Å². The van der Waals surface area contributed by atoms with Crippen molar-refractivity contribution in [3.63, 3.8) is 0 Å². The van der Waals surface area contributed by atoms with Gasteiger partial charge >= 0.3 is 5.97 Å². The summed E-state index contributed by atoms with van der Waals surface area (Å²) in [7, 11) is 1.38. The smallest absolute Gasteiger partial charge is 0.309 e. The third-order valence-electron chi connectivity index (χ3n) is 3.49. The molecule has 0 radical (unpaired) electrons. The molecule has 2 atom stereocenters. The monoisotopic (exact) mass is 310 g/mol. The summed E-state index contributed by atoms with van der Waals surface area (Å²) in [5.74, 6) is -0.705. The molecule has 1 aromatic carbocycles. The van der Waals surface area contributed by atoms with Crippen LogP contribution in [0.3, 0.4) is 0 Å².